The molecule has 0 rings (SSSR count). The molecule has 0 atom stereocenters. The maximum atomic E-state index is 8.88. The Labute approximate surface area is 77.2 Å². The predicted octanol–water partition coefficient (Wildman–Crippen LogP) is -1.37. The van der Waals surface area contributed by atoms with E-state index in [0.717, 1.165) is 20.0 Å². The molecule has 0 spiro atoms. The van der Waals surface area contributed by atoms with Crippen LogP contribution in [0.3, 0.4) is 0 Å². The Morgan fingerprint density at radius 3 is 1.38 bits per heavy atom. The minimum atomic E-state index is -4.64. The Morgan fingerprint density at radius 1 is 1.15 bits per heavy atom. The van der Waals surface area contributed by atoms with Crippen LogP contribution >= 0.6 is 7.82 Å². The van der Waals surface area contributed by atoms with Crippen LogP contribution in [-0.4, -0.2) is 44.1 Å². The van der Waals surface area contributed by atoms with Crippen molar-refractivity contribution in [2.75, 3.05) is 13.7 Å². The zero-order valence-electron chi connectivity index (χ0n) is 7.71. The van der Waals surface area contributed by atoms with E-state index < -0.39 is 7.82 Å². The van der Waals surface area contributed by atoms with E-state index in [9.17, 15) is 0 Å². The first kappa shape index (κ1) is 23.1. The minimum absolute atomic E-state index is 0. The molecule has 0 saturated heterocycles. The van der Waals surface area contributed by atoms with Crippen LogP contribution in [0.25, 0.3) is 0 Å². The third-order valence-electron chi connectivity index (χ3n) is 0.512. The molecule has 7 nitrogen and oxygen atoms in total. The SMILES string of the molecule is CCCCO.CO.O.O=P(O)(O)O. The minimum Gasteiger partial charge on any atom is -0.412 e. The van der Waals surface area contributed by atoms with Crippen LogP contribution < -0.4 is 0 Å². The largest absolute Gasteiger partial charge is 0.466 e. The van der Waals surface area contributed by atoms with Gasteiger partial charge in [-0.2, -0.15) is 0 Å². The molecule has 0 aromatic heterocycles. The van der Waals surface area contributed by atoms with Crippen molar-refractivity contribution in [2.24, 2.45) is 0 Å². The monoisotopic (exact) mass is 222 g/mol. The smallest absolute Gasteiger partial charge is 0.412 e. The third kappa shape index (κ3) is 302. The first-order valence-electron chi connectivity index (χ1n) is 3.25. The summed E-state index contributed by atoms with van der Waals surface area (Å²) < 4.78 is 8.88. The molecule has 0 aliphatic heterocycles. The number of rotatable bonds is 2. The van der Waals surface area contributed by atoms with Crippen molar-refractivity contribution < 1.29 is 34.9 Å². The topological polar surface area (TPSA) is 150 Å². The molecule has 0 heterocycles. The van der Waals surface area contributed by atoms with Crippen molar-refractivity contribution in [1.82, 2.24) is 0 Å². The van der Waals surface area contributed by atoms with Crippen molar-refractivity contribution >= 4 is 7.82 Å². The second-order valence-corrected chi connectivity index (χ2v) is 2.62. The van der Waals surface area contributed by atoms with E-state index >= 15 is 0 Å². The van der Waals surface area contributed by atoms with Gasteiger partial charge in [-0.3, -0.25) is 0 Å². The quantitative estimate of drug-likeness (QED) is 0.364. The van der Waals surface area contributed by atoms with Crippen LogP contribution in [0.5, 0.6) is 0 Å². The van der Waals surface area contributed by atoms with Gasteiger partial charge in [-0.1, -0.05) is 13.3 Å². The Kier molecular flexibility index (Phi) is 31.8. The molecule has 0 aromatic rings. The van der Waals surface area contributed by atoms with Gasteiger partial charge in [-0.15, -0.1) is 0 Å². The highest BCUT2D eigenvalue weighted by Gasteiger charge is 2.00. The van der Waals surface area contributed by atoms with Gasteiger partial charge >= 0.3 is 7.82 Å². The molecular weight excluding hydrogens is 203 g/mol. The van der Waals surface area contributed by atoms with Gasteiger partial charge in [0.2, 0.25) is 0 Å². The average Bonchev–Trinajstić information content (AvgIpc) is 1.90. The van der Waals surface area contributed by atoms with Crippen molar-refractivity contribution in [3.05, 3.63) is 0 Å². The highest BCUT2D eigenvalue weighted by molar-refractivity contribution is 7.45. The molecule has 86 valence electrons. The number of unbranched alkanes of at least 4 members (excludes halogenated alkanes) is 1. The molecule has 7 N–H and O–H groups in total. The summed E-state index contributed by atoms with van der Waals surface area (Å²) in [6.07, 6.45) is 2.04. The molecule has 0 fully saturated rings. The lowest BCUT2D eigenvalue weighted by Crippen LogP contribution is -1.75. The molecule has 0 radical (unpaired) electrons. The summed E-state index contributed by atoms with van der Waals surface area (Å²) in [5.41, 5.74) is 0. The molecule has 8 heteroatoms. The van der Waals surface area contributed by atoms with Gasteiger partial charge in [0, 0.05) is 13.7 Å². The van der Waals surface area contributed by atoms with E-state index in [1.54, 1.807) is 0 Å². The molecule has 0 aromatic carbocycles. The van der Waals surface area contributed by atoms with E-state index in [-0.39, 0.29) is 5.48 Å². The molecule has 13 heavy (non-hydrogen) atoms. The average molecular weight is 222 g/mol. The normalized spacial score (nSPS) is 8.23. The zero-order valence-corrected chi connectivity index (χ0v) is 8.61. The summed E-state index contributed by atoms with van der Waals surface area (Å²) in [6, 6.07) is 0. The summed E-state index contributed by atoms with van der Waals surface area (Å²) in [7, 11) is -3.64. The highest BCUT2D eigenvalue weighted by Crippen LogP contribution is 2.25. The zero-order chi connectivity index (χ0) is 10.6. The lowest BCUT2D eigenvalue weighted by Gasteiger charge is -1.82. The van der Waals surface area contributed by atoms with Gasteiger partial charge in [0.1, 0.15) is 0 Å². The number of phosphoric acid groups is 1. The molecule has 0 aliphatic rings. The van der Waals surface area contributed by atoms with E-state index in [1.807, 2.05) is 0 Å². The lowest BCUT2D eigenvalue weighted by molar-refractivity contribution is 0.275. The van der Waals surface area contributed by atoms with E-state index in [1.165, 1.54) is 0 Å². The summed E-state index contributed by atoms with van der Waals surface area (Å²) in [5.74, 6) is 0. The Bertz CT molecular complexity index is 90.8. The van der Waals surface area contributed by atoms with Crippen molar-refractivity contribution in [1.29, 1.82) is 0 Å². The van der Waals surface area contributed by atoms with Gasteiger partial charge in [-0.05, 0) is 6.42 Å². The lowest BCUT2D eigenvalue weighted by atomic mass is 10.4. The Balaban J connectivity index is -0.0000000491. The van der Waals surface area contributed by atoms with Gasteiger partial charge in [0.05, 0.1) is 0 Å². The second-order valence-electron chi connectivity index (χ2n) is 1.59. The molecular formula is C5H19O7P. The van der Waals surface area contributed by atoms with E-state index in [0.29, 0.717) is 6.61 Å². The first-order chi connectivity index (χ1) is 5.41. The standard InChI is InChI=1S/C4H10O.CH4O.H3O4P.H2O/c1-2-3-4-5;1-2;1-5(2,3)4;/h5H,2-4H2,1H3;2H,1H3;(H3,1,2,3,4);1H2. The van der Waals surface area contributed by atoms with Crippen LogP contribution in [0, 0.1) is 0 Å². The Morgan fingerprint density at radius 2 is 1.38 bits per heavy atom. The van der Waals surface area contributed by atoms with Gasteiger partial charge in [0.25, 0.3) is 0 Å². The number of aliphatic hydroxyl groups is 2. The predicted molar refractivity (Wildman–Crippen MR) is 48.0 cm³/mol. The summed E-state index contributed by atoms with van der Waals surface area (Å²) in [6.45, 7) is 2.40. The third-order valence-corrected chi connectivity index (χ3v) is 0.512. The van der Waals surface area contributed by atoms with Gasteiger partial charge in [0.15, 0.2) is 0 Å². The van der Waals surface area contributed by atoms with Gasteiger partial charge in [-0.25, -0.2) is 4.57 Å². The summed E-state index contributed by atoms with van der Waals surface area (Å²) in [4.78, 5) is 21.6. The molecule has 0 aliphatic carbocycles. The fourth-order valence-electron chi connectivity index (χ4n) is 0.158. The highest BCUT2D eigenvalue weighted by atomic mass is 31.2. The van der Waals surface area contributed by atoms with Crippen LogP contribution in [0.1, 0.15) is 19.8 Å². The van der Waals surface area contributed by atoms with E-state index in [2.05, 4.69) is 6.92 Å². The van der Waals surface area contributed by atoms with Crippen LogP contribution in [0.2, 0.25) is 0 Å². The van der Waals surface area contributed by atoms with Crippen LogP contribution in [0.15, 0.2) is 0 Å². The molecule has 0 saturated carbocycles. The maximum absolute atomic E-state index is 8.88. The fourth-order valence-corrected chi connectivity index (χ4v) is 0.158. The first-order valence-corrected chi connectivity index (χ1v) is 4.82. The maximum Gasteiger partial charge on any atom is 0.466 e. The van der Waals surface area contributed by atoms with Gasteiger partial charge < -0.3 is 30.4 Å². The van der Waals surface area contributed by atoms with Crippen LogP contribution in [-0.2, 0) is 4.57 Å². The van der Waals surface area contributed by atoms with Crippen LogP contribution in [0.4, 0.5) is 0 Å². The number of aliphatic hydroxyl groups excluding tert-OH is 2. The molecule has 0 unspecified atom stereocenters. The number of hydrogen-bond acceptors (Lipinski definition) is 3. The Hall–Kier alpha value is -0.0100. The second kappa shape index (κ2) is 17.9. The molecule has 0 bridgehead atoms. The van der Waals surface area contributed by atoms with Crippen molar-refractivity contribution in [2.45, 2.75) is 19.8 Å². The van der Waals surface area contributed by atoms with E-state index in [4.69, 9.17) is 29.5 Å². The summed E-state index contributed by atoms with van der Waals surface area (Å²) >= 11 is 0. The molecule has 0 amide bonds. The van der Waals surface area contributed by atoms with Crippen molar-refractivity contribution in [3.8, 4) is 0 Å². The summed E-state index contributed by atoms with van der Waals surface area (Å²) in [5, 5.41) is 15.1. The fraction of sp³-hybridized carbons (Fsp3) is 1.00. The number of hydrogen-bond donors (Lipinski definition) is 5. The van der Waals surface area contributed by atoms with Crippen molar-refractivity contribution in [3.63, 3.8) is 0 Å².